The molecule has 1 saturated heterocycles. The van der Waals surface area contributed by atoms with Crippen LogP contribution in [0.2, 0.25) is 0 Å². The van der Waals surface area contributed by atoms with Crippen molar-refractivity contribution >= 4 is 47.8 Å². The smallest absolute Gasteiger partial charge is 0.394 e. The molecule has 0 saturated carbocycles. The second-order valence-corrected chi connectivity index (χ2v) is 12.3. The van der Waals surface area contributed by atoms with Crippen LogP contribution in [-0.4, -0.2) is 103 Å². The SMILES string of the molecule is C=C(C)CCOP(=O)(OP(=O)(O)O)OP(=O)(O)OC12N=CN([C@@H]3O[C@H](CO)[C@@H](O)[C@H]3O)C1=NC=NC2=N. The van der Waals surface area contributed by atoms with Gasteiger partial charge in [-0.1, -0.05) is 5.57 Å². The largest absolute Gasteiger partial charge is 0.492 e. The van der Waals surface area contributed by atoms with E-state index in [1.54, 1.807) is 6.92 Å². The Morgan fingerprint density at radius 1 is 1.24 bits per heavy atom. The van der Waals surface area contributed by atoms with Crippen molar-refractivity contribution in [1.82, 2.24) is 4.90 Å². The van der Waals surface area contributed by atoms with Gasteiger partial charge in [-0.3, -0.25) is 14.8 Å². The van der Waals surface area contributed by atoms with E-state index < -0.39 is 78.6 Å². The number of aliphatic hydroxyl groups excluding tert-OH is 3. The van der Waals surface area contributed by atoms with Gasteiger partial charge in [0.2, 0.25) is 0 Å². The molecule has 0 radical (unpaired) electrons. The lowest BCUT2D eigenvalue weighted by molar-refractivity contribution is -0.0521. The summed E-state index contributed by atoms with van der Waals surface area (Å²) in [6.07, 6.45) is -4.19. The first kappa shape index (κ1) is 30.0. The lowest BCUT2D eigenvalue weighted by Gasteiger charge is -2.33. The van der Waals surface area contributed by atoms with Gasteiger partial charge in [-0.25, -0.2) is 33.2 Å². The lowest BCUT2D eigenvalue weighted by atomic mass is 10.1. The van der Waals surface area contributed by atoms with Crippen molar-refractivity contribution in [2.45, 2.75) is 43.6 Å². The predicted molar refractivity (Wildman–Crippen MR) is 123 cm³/mol. The van der Waals surface area contributed by atoms with Crippen LogP contribution in [0, 0.1) is 5.41 Å². The van der Waals surface area contributed by atoms with Crippen molar-refractivity contribution in [3.8, 4) is 0 Å². The van der Waals surface area contributed by atoms with Crippen LogP contribution < -0.4 is 0 Å². The van der Waals surface area contributed by atoms with Gasteiger partial charge in [0.1, 0.15) is 24.7 Å². The highest BCUT2D eigenvalue weighted by atomic mass is 31.3. The lowest BCUT2D eigenvalue weighted by Crippen LogP contribution is -2.54. The molecule has 1 fully saturated rings. The highest BCUT2D eigenvalue weighted by molar-refractivity contribution is 7.67. The Morgan fingerprint density at radius 3 is 2.49 bits per heavy atom. The Morgan fingerprint density at radius 2 is 1.92 bits per heavy atom. The Hall–Kier alpha value is -1.53. The number of aliphatic hydroxyl groups is 3. The second-order valence-electron chi connectivity index (χ2n) is 7.77. The molecule has 22 heteroatoms. The quantitative estimate of drug-likeness (QED) is 0.108. The molecule has 0 aromatic rings. The standard InChI is InChI=1S/C15H24N5O14P3/c1-8(2)3-4-30-37(29,33-35(24,25)26)34-36(27,28)32-15-13(16)17-6-18-14(15)20(7-19-15)12-11(23)10(22)9(5-21)31-12/h6-7,9-12,16,21-23H,1,3-5H2,2H3,(H,27,28)(H2,24,25,26)/t9-,10-,11-,12-,15?,37?/m1/s1. The number of aliphatic imine (C=N–C) groups is 3. The van der Waals surface area contributed by atoms with Crippen LogP contribution in [0.5, 0.6) is 0 Å². The summed E-state index contributed by atoms with van der Waals surface area (Å²) in [6, 6.07) is 0. The number of phosphoric acid groups is 3. The molecule has 3 aliphatic heterocycles. The monoisotopic (exact) mass is 591 g/mol. The van der Waals surface area contributed by atoms with E-state index in [0.717, 1.165) is 17.6 Å². The van der Waals surface area contributed by atoms with Gasteiger partial charge in [0.15, 0.2) is 17.9 Å². The summed E-state index contributed by atoms with van der Waals surface area (Å²) < 4.78 is 60.4. The number of ether oxygens (including phenoxy) is 1. The number of amidine groups is 2. The van der Waals surface area contributed by atoms with Gasteiger partial charge < -0.3 is 34.7 Å². The molecule has 7 N–H and O–H groups in total. The highest BCUT2D eigenvalue weighted by Gasteiger charge is 2.59. The molecule has 0 amide bonds. The maximum atomic E-state index is 12.9. The van der Waals surface area contributed by atoms with Crippen LogP contribution in [-0.2, 0) is 36.1 Å². The van der Waals surface area contributed by atoms with Crippen LogP contribution >= 0.6 is 23.5 Å². The summed E-state index contributed by atoms with van der Waals surface area (Å²) in [7, 11) is -16.9. The molecule has 0 spiro atoms. The van der Waals surface area contributed by atoms with Crippen LogP contribution in [0.1, 0.15) is 13.3 Å². The first-order chi connectivity index (χ1) is 17.0. The average molecular weight is 591 g/mol. The number of nitrogens with one attached hydrogen (secondary N) is 1. The third kappa shape index (κ3) is 6.73. The Labute approximate surface area is 208 Å². The number of phosphoric ester groups is 1. The molecule has 0 aromatic carbocycles. The van der Waals surface area contributed by atoms with Crippen molar-refractivity contribution in [1.29, 1.82) is 5.41 Å². The number of hydrogen-bond acceptors (Lipinski definition) is 15. The van der Waals surface area contributed by atoms with E-state index in [1.807, 2.05) is 0 Å². The predicted octanol–water partition coefficient (Wildman–Crippen LogP) is -0.783. The topological polar surface area (TPSA) is 283 Å². The summed E-state index contributed by atoms with van der Waals surface area (Å²) in [5.74, 6) is -1.37. The summed E-state index contributed by atoms with van der Waals surface area (Å²) >= 11 is 0. The summed E-state index contributed by atoms with van der Waals surface area (Å²) in [5, 5.41) is 37.8. The molecule has 19 nitrogen and oxygen atoms in total. The minimum Gasteiger partial charge on any atom is -0.394 e. The molecule has 208 valence electrons. The fourth-order valence-corrected chi connectivity index (χ4v) is 7.03. The normalized spacial score (nSPS) is 32.7. The van der Waals surface area contributed by atoms with E-state index in [0.29, 0.717) is 5.57 Å². The molecule has 7 atom stereocenters. The van der Waals surface area contributed by atoms with Crippen LogP contribution in [0.4, 0.5) is 0 Å². The zero-order valence-corrected chi connectivity index (χ0v) is 21.6. The van der Waals surface area contributed by atoms with Gasteiger partial charge in [-0.15, -0.1) is 6.58 Å². The van der Waals surface area contributed by atoms with Gasteiger partial charge in [-0.2, -0.15) is 8.62 Å². The fraction of sp³-hybridized carbons (Fsp3) is 0.600. The first-order valence-corrected chi connectivity index (χ1v) is 14.6. The molecule has 0 bridgehead atoms. The maximum Gasteiger partial charge on any atom is 0.492 e. The van der Waals surface area contributed by atoms with Crippen LogP contribution in [0.25, 0.3) is 0 Å². The van der Waals surface area contributed by atoms with E-state index in [-0.39, 0.29) is 6.42 Å². The second kappa shape index (κ2) is 10.9. The summed E-state index contributed by atoms with van der Waals surface area (Å²) in [6.45, 7) is 3.86. The zero-order chi connectivity index (χ0) is 27.8. The number of nitrogens with zero attached hydrogens (tertiary/aromatic N) is 4. The molecule has 3 rings (SSSR count). The Balaban J connectivity index is 1.88. The van der Waals surface area contributed by atoms with E-state index in [2.05, 4.69) is 30.2 Å². The molecule has 3 unspecified atom stereocenters. The van der Waals surface area contributed by atoms with Crippen LogP contribution in [0.15, 0.2) is 27.1 Å². The van der Waals surface area contributed by atoms with Gasteiger partial charge in [0.05, 0.1) is 19.6 Å². The molecular weight excluding hydrogens is 567 g/mol. The Bertz CT molecular complexity index is 1170. The molecule has 0 aliphatic carbocycles. The molecule has 37 heavy (non-hydrogen) atoms. The summed E-state index contributed by atoms with van der Waals surface area (Å²) in [4.78, 5) is 40.6. The minimum absolute atomic E-state index is 0.00177. The van der Waals surface area contributed by atoms with E-state index in [1.165, 1.54) is 0 Å². The average Bonchev–Trinajstić information content (AvgIpc) is 3.24. The van der Waals surface area contributed by atoms with E-state index in [9.17, 15) is 33.9 Å². The molecule has 0 aromatic heterocycles. The maximum absolute atomic E-state index is 12.9. The van der Waals surface area contributed by atoms with Crippen molar-refractivity contribution in [3.05, 3.63) is 12.2 Å². The van der Waals surface area contributed by atoms with Gasteiger partial charge in [0.25, 0.3) is 5.72 Å². The first-order valence-electron chi connectivity index (χ1n) is 10.1. The van der Waals surface area contributed by atoms with Gasteiger partial charge >= 0.3 is 23.5 Å². The van der Waals surface area contributed by atoms with Crippen molar-refractivity contribution in [2.24, 2.45) is 15.0 Å². The number of fused-ring (bicyclic) bond motifs is 1. The number of rotatable bonds is 12. The van der Waals surface area contributed by atoms with Crippen molar-refractivity contribution in [3.63, 3.8) is 0 Å². The minimum atomic E-state index is -5.76. The third-order valence-corrected chi connectivity index (χ3v) is 9.10. The van der Waals surface area contributed by atoms with Gasteiger partial charge in [0, 0.05) is 0 Å². The number of hydrogen-bond donors (Lipinski definition) is 7. The van der Waals surface area contributed by atoms with E-state index in [4.69, 9.17) is 29.0 Å². The molecular formula is C15H24N5O14P3. The van der Waals surface area contributed by atoms with Crippen molar-refractivity contribution in [2.75, 3.05) is 13.2 Å². The third-order valence-electron chi connectivity index (χ3n) is 4.83. The molecule has 3 aliphatic rings. The van der Waals surface area contributed by atoms with Gasteiger partial charge in [-0.05, 0) is 13.3 Å². The molecule has 3 heterocycles. The fourth-order valence-electron chi connectivity index (χ4n) is 3.22. The Kier molecular flexibility index (Phi) is 8.86. The zero-order valence-electron chi connectivity index (χ0n) is 18.9. The van der Waals surface area contributed by atoms with Crippen molar-refractivity contribution < 1.29 is 66.1 Å². The van der Waals surface area contributed by atoms with E-state index >= 15 is 0 Å². The summed E-state index contributed by atoms with van der Waals surface area (Å²) in [5.41, 5.74) is -2.18. The van der Waals surface area contributed by atoms with Crippen LogP contribution in [0.3, 0.4) is 0 Å². The highest BCUT2D eigenvalue weighted by Crippen LogP contribution is 2.70.